The fraction of sp³-hybridized carbons (Fsp3) is 0.143. The van der Waals surface area contributed by atoms with Gasteiger partial charge >= 0.3 is 6.18 Å². The summed E-state index contributed by atoms with van der Waals surface area (Å²) in [6.07, 6.45) is -4.63. The number of benzene rings is 1. The minimum Gasteiger partial charge on any atom is -0.257 e. The molecule has 16 heavy (non-hydrogen) atoms. The van der Waals surface area contributed by atoms with E-state index in [0.29, 0.717) is 12.1 Å². The standard InChI is InChI=1S/C7H6ClF3N2O2S/c8-6-3-4(16(14,15)13-12)1-2-5(6)7(9,10)11/h1-3,13H,12H2. The van der Waals surface area contributed by atoms with Crippen molar-refractivity contribution in [3.63, 3.8) is 0 Å². The molecule has 0 aliphatic carbocycles. The number of hydrazine groups is 1. The Labute approximate surface area is 94.2 Å². The molecule has 1 aromatic rings. The van der Waals surface area contributed by atoms with E-state index in [1.54, 1.807) is 0 Å². The van der Waals surface area contributed by atoms with Crippen LogP contribution >= 0.6 is 11.6 Å². The number of nitrogens with one attached hydrogen (secondary N) is 1. The predicted molar refractivity (Wildman–Crippen MR) is 51.0 cm³/mol. The van der Waals surface area contributed by atoms with Crippen molar-refractivity contribution in [2.24, 2.45) is 5.84 Å². The van der Waals surface area contributed by atoms with Gasteiger partial charge in [0.2, 0.25) is 0 Å². The van der Waals surface area contributed by atoms with Gasteiger partial charge < -0.3 is 0 Å². The lowest BCUT2D eigenvalue weighted by Crippen LogP contribution is -2.30. The molecule has 1 aromatic carbocycles. The minimum absolute atomic E-state index is 0.437. The summed E-state index contributed by atoms with van der Waals surface area (Å²) in [4.78, 5) is 1.04. The summed E-state index contributed by atoms with van der Waals surface area (Å²) in [7, 11) is -4.01. The molecule has 0 radical (unpaired) electrons. The fourth-order valence-corrected chi connectivity index (χ4v) is 1.97. The van der Waals surface area contributed by atoms with Crippen LogP contribution in [0, 0.1) is 0 Å². The lowest BCUT2D eigenvalue weighted by Gasteiger charge is -2.10. The van der Waals surface area contributed by atoms with Crippen molar-refractivity contribution in [2.75, 3.05) is 0 Å². The van der Waals surface area contributed by atoms with Gasteiger partial charge in [-0.1, -0.05) is 11.6 Å². The van der Waals surface area contributed by atoms with Crippen molar-refractivity contribution in [2.45, 2.75) is 11.1 Å². The molecule has 0 atom stereocenters. The second kappa shape index (κ2) is 4.21. The van der Waals surface area contributed by atoms with Crippen LogP contribution in [0.4, 0.5) is 13.2 Å². The Bertz CT molecular complexity index is 501. The van der Waals surface area contributed by atoms with Crippen LogP contribution in [0.5, 0.6) is 0 Å². The zero-order chi connectivity index (χ0) is 12.6. The lowest BCUT2D eigenvalue weighted by molar-refractivity contribution is -0.137. The molecule has 0 aliphatic heterocycles. The maximum atomic E-state index is 12.3. The first-order chi connectivity index (χ1) is 7.18. The highest BCUT2D eigenvalue weighted by atomic mass is 35.5. The molecular formula is C7H6ClF3N2O2S. The van der Waals surface area contributed by atoms with Gasteiger partial charge in [-0.25, -0.2) is 8.42 Å². The molecule has 0 aromatic heterocycles. The molecule has 0 fully saturated rings. The monoisotopic (exact) mass is 274 g/mol. The Morgan fingerprint density at radius 3 is 2.25 bits per heavy atom. The van der Waals surface area contributed by atoms with Crippen LogP contribution in [0.3, 0.4) is 0 Å². The van der Waals surface area contributed by atoms with Gasteiger partial charge in [0.15, 0.2) is 0 Å². The number of hydrogen-bond donors (Lipinski definition) is 2. The summed E-state index contributed by atoms with van der Waals surface area (Å²) < 4.78 is 59.1. The van der Waals surface area contributed by atoms with E-state index in [-0.39, 0.29) is 0 Å². The second-order valence-corrected chi connectivity index (χ2v) is 4.88. The van der Waals surface area contributed by atoms with E-state index in [9.17, 15) is 21.6 Å². The van der Waals surface area contributed by atoms with Crippen molar-refractivity contribution in [3.8, 4) is 0 Å². The molecule has 0 saturated heterocycles. The van der Waals surface area contributed by atoms with Gasteiger partial charge in [0.05, 0.1) is 15.5 Å². The SMILES string of the molecule is NNS(=O)(=O)c1ccc(C(F)(F)F)c(Cl)c1. The van der Waals surface area contributed by atoms with Crippen LogP contribution in [0.15, 0.2) is 23.1 Å². The van der Waals surface area contributed by atoms with Gasteiger partial charge in [-0.05, 0) is 18.2 Å². The lowest BCUT2D eigenvalue weighted by atomic mass is 10.2. The van der Waals surface area contributed by atoms with Crippen LogP contribution in [-0.2, 0) is 16.2 Å². The summed E-state index contributed by atoms with van der Waals surface area (Å²) in [5, 5.41) is -0.705. The van der Waals surface area contributed by atoms with E-state index in [4.69, 9.17) is 17.4 Å². The van der Waals surface area contributed by atoms with E-state index >= 15 is 0 Å². The zero-order valence-corrected chi connectivity index (χ0v) is 9.12. The summed E-state index contributed by atoms with van der Waals surface area (Å²) in [5.41, 5.74) is -1.11. The summed E-state index contributed by atoms with van der Waals surface area (Å²) in [6.45, 7) is 0. The third-order valence-corrected chi connectivity index (χ3v) is 3.21. The Balaban J connectivity index is 3.31. The third kappa shape index (κ3) is 2.64. The highest BCUT2D eigenvalue weighted by Crippen LogP contribution is 2.35. The van der Waals surface area contributed by atoms with E-state index in [1.165, 1.54) is 4.83 Å². The quantitative estimate of drug-likeness (QED) is 0.634. The van der Waals surface area contributed by atoms with Crippen molar-refractivity contribution in [1.82, 2.24) is 4.83 Å². The Kier molecular flexibility index (Phi) is 3.48. The summed E-state index contributed by atoms with van der Waals surface area (Å²) >= 11 is 5.32. The van der Waals surface area contributed by atoms with Crippen LogP contribution in [0.1, 0.15) is 5.56 Å². The van der Waals surface area contributed by atoms with E-state index in [0.717, 1.165) is 6.07 Å². The number of rotatable bonds is 2. The molecule has 3 N–H and O–H groups in total. The molecule has 1 rings (SSSR count). The van der Waals surface area contributed by atoms with Crippen LogP contribution in [0.25, 0.3) is 0 Å². The van der Waals surface area contributed by atoms with Gasteiger partial charge in [-0.2, -0.15) is 18.0 Å². The zero-order valence-electron chi connectivity index (χ0n) is 7.55. The number of halogens is 4. The van der Waals surface area contributed by atoms with Crippen LogP contribution in [-0.4, -0.2) is 8.42 Å². The molecule has 0 unspecified atom stereocenters. The molecule has 0 saturated carbocycles. The average Bonchev–Trinajstić information content (AvgIpc) is 2.15. The smallest absolute Gasteiger partial charge is 0.257 e. The molecule has 4 nitrogen and oxygen atoms in total. The van der Waals surface area contributed by atoms with Crippen molar-refractivity contribution >= 4 is 21.6 Å². The molecule has 0 aliphatic rings. The van der Waals surface area contributed by atoms with Gasteiger partial charge in [0.25, 0.3) is 10.0 Å². The maximum Gasteiger partial charge on any atom is 0.417 e. The van der Waals surface area contributed by atoms with E-state index in [1.807, 2.05) is 0 Å². The number of nitrogens with two attached hydrogens (primary N) is 1. The third-order valence-electron chi connectivity index (χ3n) is 1.71. The van der Waals surface area contributed by atoms with Crippen molar-refractivity contribution in [1.29, 1.82) is 0 Å². The number of alkyl halides is 3. The highest BCUT2D eigenvalue weighted by molar-refractivity contribution is 7.89. The second-order valence-electron chi connectivity index (χ2n) is 2.76. The normalized spacial score (nSPS) is 12.8. The first-order valence-corrected chi connectivity index (χ1v) is 5.64. The van der Waals surface area contributed by atoms with Crippen LogP contribution in [0.2, 0.25) is 5.02 Å². The Morgan fingerprint density at radius 1 is 1.31 bits per heavy atom. The maximum absolute atomic E-state index is 12.3. The molecule has 0 bridgehead atoms. The van der Waals surface area contributed by atoms with Crippen molar-refractivity contribution < 1.29 is 21.6 Å². The fourth-order valence-electron chi connectivity index (χ4n) is 0.961. The summed E-state index contributed by atoms with van der Waals surface area (Å²) in [5.74, 6) is 4.71. The van der Waals surface area contributed by atoms with Crippen LogP contribution < -0.4 is 10.7 Å². The minimum atomic E-state index is -4.63. The number of hydrogen-bond acceptors (Lipinski definition) is 3. The molecular weight excluding hydrogens is 269 g/mol. The Hall–Kier alpha value is -0.830. The van der Waals surface area contributed by atoms with Gasteiger partial charge in [-0.15, -0.1) is 0 Å². The molecule has 90 valence electrons. The van der Waals surface area contributed by atoms with Gasteiger partial charge in [0, 0.05) is 0 Å². The molecule has 0 amide bonds. The predicted octanol–water partition coefficient (Wildman–Crippen LogP) is 1.51. The van der Waals surface area contributed by atoms with Gasteiger partial charge in [-0.3, -0.25) is 5.84 Å². The number of sulfonamides is 1. The first kappa shape index (κ1) is 13.2. The van der Waals surface area contributed by atoms with E-state index in [2.05, 4.69) is 0 Å². The Morgan fingerprint density at radius 2 is 1.88 bits per heavy atom. The summed E-state index contributed by atoms with van der Waals surface area (Å²) in [6, 6.07) is 2.02. The molecule has 0 spiro atoms. The average molecular weight is 275 g/mol. The highest BCUT2D eigenvalue weighted by Gasteiger charge is 2.33. The molecule has 9 heteroatoms. The topological polar surface area (TPSA) is 72.2 Å². The largest absolute Gasteiger partial charge is 0.417 e. The molecule has 0 heterocycles. The van der Waals surface area contributed by atoms with Gasteiger partial charge in [0.1, 0.15) is 0 Å². The first-order valence-electron chi connectivity index (χ1n) is 3.77. The van der Waals surface area contributed by atoms with E-state index < -0.39 is 31.7 Å². The van der Waals surface area contributed by atoms with Crippen molar-refractivity contribution in [3.05, 3.63) is 28.8 Å².